The average molecular weight is 263 g/mol. The quantitative estimate of drug-likeness (QED) is 0.767. The fraction of sp³-hybridized carbons (Fsp3) is 0.500. The molecule has 1 aromatic rings. The summed E-state index contributed by atoms with van der Waals surface area (Å²) in [5.74, 6) is 1.47. The SMILES string of the molecule is COC1CCN(CC(=O)c2ccc3c(c2)OCO3)C1. The lowest BCUT2D eigenvalue weighted by atomic mass is 10.1. The molecular weight excluding hydrogens is 246 g/mol. The van der Waals surface area contributed by atoms with Gasteiger partial charge in [0.05, 0.1) is 12.6 Å². The third kappa shape index (κ3) is 2.57. The Hall–Kier alpha value is -1.59. The van der Waals surface area contributed by atoms with Crippen LogP contribution in [0.25, 0.3) is 0 Å². The first-order valence-electron chi connectivity index (χ1n) is 6.44. The highest BCUT2D eigenvalue weighted by Crippen LogP contribution is 2.32. The number of hydrogen-bond acceptors (Lipinski definition) is 5. The number of methoxy groups -OCH3 is 1. The van der Waals surface area contributed by atoms with Crippen LogP contribution in [-0.4, -0.2) is 50.3 Å². The van der Waals surface area contributed by atoms with Crippen LogP contribution < -0.4 is 9.47 Å². The van der Waals surface area contributed by atoms with Crippen LogP contribution in [0, 0.1) is 0 Å². The number of fused-ring (bicyclic) bond motifs is 1. The first-order chi connectivity index (χ1) is 9.26. The van der Waals surface area contributed by atoms with Crippen molar-refractivity contribution >= 4 is 5.78 Å². The molecule has 1 fully saturated rings. The fourth-order valence-electron chi connectivity index (χ4n) is 2.50. The third-order valence-electron chi connectivity index (χ3n) is 3.62. The van der Waals surface area contributed by atoms with E-state index in [1.165, 1.54) is 0 Å². The van der Waals surface area contributed by atoms with Crippen LogP contribution in [0.3, 0.4) is 0 Å². The van der Waals surface area contributed by atoms with Gasteiger partial charge in [0.25, 0.3) is 0 Å². The number of carbonyl (C=O) groups is 1. The van der Waals surface area contributed by atoms with Crippen LogP contribution in [0.4, 0.5) is 0 Å². The number of rotatable bonds is 4. The van der Waals surface area contributed by atoms with Crippen molar-refractivity contribution in [3.8, 4) is 11.5 Å². The molecule has 2 aliphatic heterocycles. The van der Waals surface area contributed by atoms with Crippen molar-refractivity contribution in [2.75, 3.05) is 33.5 Å². The molecule has 0 aromatic heterocycles. The van der Waals surface area contributed by atoms with Crippen LogP contribution in [0.5, 0.6) is 11.5 Å². The molecule has 102 valence electrons. The lowest BCUT2D eigenvalue weighted by Crippen LogP contribution is -2.29. The molecule has 0 spiro atoms. The Kier molecular flexibility index (Phi) is 3.40. The maximum absolute atomic E-state index is 12.2. The van der Waals surface area contributed by atoms with Gasteiger partial charge in [-0.25, -0.2) is 0 Å². The zero-order chi connectivity index (χ0) is 13.2. The van der Waals surface area contributed by atoms with Crippen LogP contribution >= 0.6 is 0 Å². The van der Waals surface area contributed by atoms with Crippen molar-refractivity contribution < 1.29 is 19.0 Å². The fourth-order valence-corrected chi connectivity index (χ4v) is 2.50. The van der Waals surface area contributed by atoms with Crippen LogP contribution in [0.2, 0.25) is 0 Å². The zero-order valence-electron chi connectivity index (χ0n) is 10.9. The summed E-state index contributed by atoms with van der Waals surface area (Å²) in [4.78, 5) is 14.3. The molecule has 1 atom stereocenters. The minimum atomic E-state index is 0.107. The predicted octanol–water partition coefficient (Wildman–Crippen LogP) is 1.32. The molecule has 0 radical (unpaired) electrons. The van der Waals surface area contributed by atoms with Gasteiger partial charge in [0, 0.05) is 25.8 Å². The second-order valence-electron chi connectivity index (χ2n) is 4.87. The summed E-state index contributed by atoms with van der Waals surface area (Å²) in [6.45, 7) is 2.40. The standard InChI is InChI=1S/C14H17NO4/c1-17-11-4-5-15(7-11)8-12(16)10-2-3-13-14(6-10)19-9-18-13/h2-3,6,11H,4-5,7-9H2,1H3. The summed E-state index contributed by atoms with van der Waals surface area (Å²) in [5, 5.41) is 0. The molecule has 0 aliphatic carbocycles. The Bertz CT molecular complexity index is 488. The summed E-state index contributed by atoms with van der Waals surface area (Å²) in [7, 11) is 1.72. The number of hydrogen-bond donors (Lipinski definition) is 0. The monoisotopic (exact) mass is 263 g/mol. The van der Waals surface area contributed by atoms with E-state index in [4.69, 9.17) is 14.2 Å². The van der Waals surface area contributed by atoms with Crippen LogP contribution in [-0.2, 0) is 4.74 Å². The molecule has 0 amide bonds. The smallest absolute Gasteiger partial charge is 0.231 e. The molecule has 1 saturated heterocycles. The van der Waals surface area contributed by atoms with Crippen molar-refractivity contribution in [3.05, 3.63) is 23.8 Å². The lowest BCUT2D eigenvalue weighted by molar-refractivity contribution is 0.0898. The molecule has 3 rings (SSSR count). The topological polar surface area (TPSA) is 48.0 Å². The Morgan fingerprint density at radius 1 is 1.42 bits per heavy atom. The zero-order valence-corrected chi connectivity index (χ0v) is 10.9. The highest BCUT2D eigenvalue weighted by Gasteiger charge is 2.24. The van der Waals surface area contributed by atoms with Gasteiger partial charge in [-0.15, -0.1) is 0 Å². The minimum Gasteiger partial charge on any atom is -0.454 e. The number of ether oxygens (including phenoxy) is 3. The highest BCUT2D eigenvalue weighted by molar-refractivity contribution is 5.98. The Morgan fingerprint density at radius 2 is 2.26 bits per heavy atom. The van der Waals surface area contributed by atoms with Crippen molar-refractivity contribution in [1.82, 2.24) is 4.90 Å². The van der Waals surface area contributed by atoms with Gasteiger partial charge in [0.1, 0.15) is 0 Å². The molecule has 0 saturated carbocycles. The summed E-state index contributed by atoms with van der Waals surface area (Å²) in [5.41, 5.74) is 0.671. The van der Waals surface area contributed by atoms with Gasteiger partial charge in [-0.05, 0) is 24.6 Å². The maximum atomic E-state index is 12.2. The largest absolute Gasteiger partial charge is 0.454 e. The lowest BCUT2D eigenvalue weighted by Gasteiger charge is -2.14. The van der Waals surface area contributed by atoms with Gasteiger partial charge >= 0.3 is 0 Å². The molecule has 1 aromatic carbocycles. The van der Waals surface area contributed by atoms with E-state index in [9.17, 15) is 4.79 Å². The van der Waals surface area contributed by atoms with Gasteiger partial charge in [-0.3, -0.25) is 9.69 Å². The van der Waals surface area contributed by atoms with E-state index in [0.717, 1.165) is 19.5 Å². The second-order valence-corrected chi connectivity index (χ2v) is 4.87. The molecule has 19 heavy (non-hydrogen) atoms. The van der Waals surface area contributed by atoms with Crippen LogP contribution in [0.1, 0.15) is 16.8 Å². The van der Waals surface area contributed by atoms with E-state index >= 15 is 0 Å². The van der Waals surface area contributed by atoms with E-state index < -0.39 is 0 Å². The van der Waals surface area contributed by atoms with E-state index in [1.54, 1.807) is 25.3 Å². The Morgan fingerprint density at radius 3 is 3.05 bits per heavy atom. The average Bonchev–Trinajstić information content (AvgIpc) is 3.05. The van der Waals surface area contributed by atoms with Gasteiger partial charge in [-0.1, -0.05) is 0 Å². The molecule has 5 nitrogen and oxygen atoms in total. The number of carbonyl (C=O) groups excluding carboxylic acids is 1. The summed E-state index contributed by atoms with van der Waals surface area (Å²) >= 11 is 0. The molecule has 2 heterocycles. The summed E-state index contributed by atoms with van der Waals surface area (Å²) < 4.78 is 15.8. The van der Waals surface area contributed by atoms with E-state index in [1.807, 2.05) is 0 Å². The van der Waals surface area contributed by atoms with Gasteiger partial charge in [-0.2, -0.15) is 0 Å². The van der Waals surface area contributed by atoms with Gasteiger partial charge in [0.2, 0.25) is 6.79 Å². The number of benzene rings is 1. The summed E-state index contributed by atoms with van der Waals surface area (Å²) in [6.07, 6.45) is 1.25. The number of ketones is 1. The third-order valence-corrected chi connectivity index (χ3v) is 3.62. The van der Waals surface area contributed by atoms with E-state index in [-0.39, 0.29) is 18.7 Å². The molecular formula is C14H17NO4. The maximum Gasteiger partial charge on any atom is 0.231 e. The van der Waals surface area contributed by atoms with E-state index in [2.05, 4.69) is 4.90 Å². The molecule has 0 bridgehead atoms. The highest BCUT2D eigenvalue weighted by atomic mass is 16.7. The first kappa shape index (κ1) is 12.4. The van der Waals surface area contributed by atoms with Crippen molar-refractivity contribution in [2.24, 2.45) is 0 Å². The Balaban J connectivity index is 1.64. The number of likely N-dealkylation sites (tertiary alicyclic amines) is 1. The molecule has 5 heteroatoms. The Labute approximate surface area is 112 Å². The molecule has 1 unspecified atom stereocenters. The minimum absolute atomic E-state index is 0.107. The van der Waals surface area contributed by atoms with Crippen molar-refractivity contribution in [2.45, 2.75) is 12.5 Å². The van der Waals surface area contributed by atoms with Crippen LogP contribution in [0.15, 0.2) is 18.2 Å². The second kappa shape index (κ2) is 5.19. The normalized spacial score (nSPS) is 21.8. The van der Waals surface area contributed by atoms with Gasteiger partial charge < -0.3 is 14.2 Å². The number of nitrogens with zero attached hydrogens (tertiary/aromatic N) is 1. The van der Waals surface area contributed by atoms with Gasteiger partial charge in [0.15, 0.2) is 17.3 Å². The molecule has 2 aliphatic rings. The predicted molar refractivity (Wildman–Crippen MR) is 68.7 cm³/mol. The van der Waals surface area contributed by atoms with Crippen molar-refractivity contribution in [3.63, 3.8) is 0 Å². The first-order valence-corrected chi connectivity index (χ1v) is 6.44. The van der Waals surface area contributed by atoms with E-state index in [0.29, 0.717) is 23.6 Å². The number of Topliss-reactive ketones (excluding diaryl/α,β-unsaturated/α-hetero) is 1. The van der Waals surface area contributed by atoms with Crippen molar-refractivity contribution in [1.29, 1.82) is 0 Å². The molecule has 0 N–H and O–H groups in total. The summed E-state index contributed by atoms with van der Waals surface area (Å²) in [6, 6.07) is 5.34.